The van der Waals surface area contributed by atoms with Crippen LogP contribution in [0, 0.1) is 6.92 Å². The predicted molar refractivity (Wildman–Crippen MR) is 82.5 cm³/mol. The minimum atomic E-state index is 0.557. The number of benzene rings is 2. The molecule has 2 aromatic carbocycles. The number of hydrogen-bond donors (Lipinski definition) is 2. The normalized spacial score (nSPS) is 9.89. The van der Waals surface area contributed by atoms with Crippen LogP contribution in [0.25, 0.3) is 0 Å². The standard InChI is InChI=1S/C14H13ClN2S/c1-10-2-6-12(7-3-10)16-14(18)17-13-8-4-11(15)5-9-13/h2-9H,1H3,(H2,16,17,18). The van der Waals surface area contributed by atoms with Gasteiger partial charge in [-0.3, -0.25) is 0 Å². The van der Waals surface area contributed by atoms with Crippen molar-refractivity contribution in [2.45, 2.75) is 6.92 Å². The second-order valence-electron chi connectivity index (χ2n) is 3.95. The minimum absolute atomic E-state index is 0.557. The molecular weight excluding hydrogens is 264 g/mol. The van der Waals surface area contributed by atoms with Gasteiger partial charge >= 0.3 is 0 Å². The summed E-state index contributed by atoms with van der Waals surface area (Å²) in [6, 6.07) is 15.4. The molecule has 92 valence electrons. The predicted octanol–water partition coefficient (Wildman–Crippen LogP) is 4.46. The zero-order chi connectivity index (χ0) is 13.0. The van der Waals surface area contributed by atoms with Crippen LogP contribution in [0.2, 0.25) is 5.02 Å². The highest BCUT2D eigenvalue weighted by Gasteiger charge is 1.98. The van der Waals surface area contributed by atoms with E-state index < -0.39 is 0 Å². The Balaban J connectivity index is 1.96. The number of halogens is 1. The van der Waals surface area contributed by atoms with Gasteiger partial charge in [0.2, 0.25) is 0 Å². The second-order valence-corrected chi connectivity index (χ2v) is 4.80. The quantitative estimate of drug-likeness (QED) is 0.792. The number of aryl methyl sites for hydroxylation is 1. The van der Waals surface area contributed by atoms with Crippen LogP contribution in [0.4, 0.5) is 11.4 Å². The molecule has 2 aromatic rings. The molecule has 0 aliphatic rings. The molecule has 4 heteroatoms. The van der Waals surface area contributed by atoms with Gasteiger partial charge in [0.1, 0.15) is 0 Å². The summed E-state index contributed by atoms with van der Waals surface area (Å²) >= 11 is 11.0. The molecule has 0 aliphatic heterocycles. The molecule has 0 amide bonds. The molecule has 0 saturated carbocycles. The summed E-state index contributed by atoms with van der Waals surface area (Å²) in [7, 11) is 0. The van der Waals surface area contributed by atoms with Crippen LogP contribution in [-0.4, -0.2) is 5.11 Å². The number of hydrogen-bond acceptors (Lipinski definition) is 1. The van der Waals surface area contributed by atoms with Gasteiger partial charge in [0.05, 0.1) is 0 Å². The Kier molecular flexibility index (Phi) is 4.18. The highest BCUT2D eigenvalue weighted by atomic mass is 35.5. The zero-order valence-corrected chi connectivity index (χ0v) is 11.5. The van der Waals surface area contributed by atoms with E-state index in [0.29, 0.717) is 10.1 Å². The lowest BCUT2D eigenvalue weighted by Gasteiger charge is -2.10. The van der Waals surface area contributed by atoms with E-state index in [1.807, 2.05) is 55.5 Å². The molecule has 2 N–H and O–H groups in total. The third kappa shape index (κ3) is 3.72. The van der Waals surface area contributed by atoms with Crippen LogP contribution in [-0.2, 0) is 0 Å². The van der Waals surface area contributed by atoms with E-state index in [9.17, 15) is 0 Å². The molecule has 2 nitrogen and oxygen atoms in total. The Bertz CT molecular complexity index is 485. The van der Waals surface area contributed by atoms with Crippen molar-refractivity contribution in [3.8, 4) is 0 Å². The monoisotopic (exact) mass is 276 g/mol. The molecule has 0 fully saturated rings. The number of rotatable bonds is 2. The van der Waals surface area contributed by atoms with E-state index in [0.717, 1.165) is 11.4 Å². The highest BCUT2D eigenvalue weighted by molar-refractivity contribution is 7.80. The Hall–Kier alpha value is -1.58. The summed E-state index contributed by atoms with van der Waals surface area (Å²) in [5, 5.41) is 7.48. The van der Waals surface area contributed by atoms with Crippen molar-refractivity contribution < 1.29 is 0 Å². The van der Waals surface area contributed by atoms with Gasteiger partial charge in [0.25, 0.3) is 0 Å². The van der Waals surface area contributed by atoms with Crippen LogP contribution in [0.5, 0.6) is 0 Å². The van der Waals surface area contributed by atoms with Crippen LogP contribution in [0.1, 0.15) is 5.56 Å². The fourth-order valence-electron chi connectivity index (χ4n) is 1.46. The topological polar surface area (TPSA) is 24.1 Å². The average molecular weight is 277 g/mol. The molecule has 0 unspecified atom stereocenters. The molecule has 0 radical (unpaired) electrons. The summed E-state index contributed by atoms with van der Waals surface area (Å²) in [6.45, 7) is 2.05. The van der Waals surface area contributed by atoms with E-state index in [1.165, 1.54) is 5.56 Å². The maximum Gasteiger partial charge on any atom is 0.175 e. The van der Waals surface area contributed by atoms with E-state index in [1.54, 1.807) is 0 Å². The van der Waals surface area contributed by atoms with Gasteiger partial charge in [-0.15, -0.1) is 0 Å². The molecule has 0 spiro atoms. The first kappa shape index (κ1) is 12.9. The van der Waals surface area contributed by atoms with Crippen LogP contribution < -0.4 is 10.6 Å². The molecule has 0 saturated heterocycles. The lowest BCUT2D eigenvalue weighted by atomic mass is 10.2. The van der Waals surface area contributed by atoms with Crippen molar-refractivity contribution in [1.29, 1.82) is 0 Å². The molecule has 18 heavy (non-hydrogen) atoms. The van der Waals surface area contributed by atoms with Gasteiger partial charge in [-0.25, -0.2) is 0 Å². The summed E-state index contributed by atoms with van der Waals surface area (Å²) < 4.78 is 0. The summed E-state index contributed by atoms with van der Waals surface area (Å²) in [5.74, 6) is 0. The molecule has 0 atom stereocenters. The van der Waals surface area contributed by atoms with Crippen LogP contribution >= 0.6 is 23.8 Å². The lowest BCUT2D eigenvalue weighted by molar-refractivity contribution is 1.47. The summed E-state index contributed by atoms with van der Waals surface area (Å²) in [4.78, 5) is 0. The maximum absolute atomic E-state index is 5.82. The van der Waals surface area contributed by atoms with Crippen LogP contribution in [0.15, 0.2) is 48.5 Å². The number of thiocarbonyl (C=S) groups is 1. The zero-order valence-electron chi connectivity index (χ0n) is 9.91. The summed E-state index contributed by atoms with van der Waals surface area (Å²) in [6.07, 6.45) is 0. The van der Waals surface area contributed by atoms with Crippen molar-refractivity contribution in [2.24, 2.45) is 0 Å². The average Bonchev–Trinajstić information content (AvgIpc) is 2.35. The third-order valence-corrected chi connectivity index (χ3v) is 2.87. The van der Waals surface area contributed by atoms with Gasteiger partial charge < -0.3 is 10.6 Å². The van der Waals surface area contributed by atoms with Gasteiger partial charge in [0, 0.05) is 16.4 Å². The van der Waals surface area contributed by atoms with Gasteiger partial charge in [-0.1, -0.05) is 29.3 Å². The number of anilines is 2. The maximum atomic E-state index is 5.82. The number of nitrogens with one attached hydrogen (secondary N) is 2. The SMILES string of the molecule is Cc1ccc(NC(=S)Nc2ccc(Cl)cc2)cc1. The van der Waals surface area contributed by atoms with Crippen molar-refractivity contribution in [3.63, 3.8) is 0 Å². The first-order valence-corrected chi connectivity index (χ1v) is 6.32. The Labute approximate surface area is 117 Å². The Morgan fingerprint density at radius 2 is 1.33 bits per heavy atom. The second kappa shape index (κ2) is 5.85. The van der Waals surface area contributed by atoms with Crippen LogP contribution in [0.3, 0.4) is 0 Å². The molecular formula is C14H13ClN2S. The third-order valence-electron chi connectivity index (χ3n) is 2.41. The van der Waals surface area contributed by atoms with Crippen molar-refractivity contribution in [1.82, 2.24) is 0 Å². The van der Waals surface area contributed by atoms with Gasteiger partial charge in [-0.05, 0) is 55.5 Å². The van der Waals surface area contributed by atoms with Crippen molar-refractivity contribution in [2.75, 3.05) is 10.6 Å². The summed E-state index contributed by atoms with van der Waals surface area (Å²) in [5.41, 5.74) is 3.09. The fraction of sp³-hybridized carbons (Fsp3) is 0.0714. The molecule has 2 rings (SSSR count). The Morgan fingerprint density at radius 1 is 0.889 bits per heavy atom. The fourth-order valence-corrected chi connectivity index (χ4v) is 1.83. The first-order chi connectivity index (χ1) is 8.63. The van der Waals surface area contributed by atoms with E-state index in [4.69, 9.17) is 23.8 Å². The van der Waals surface area contributed by atoms with Gasteiger partial charge in [-0.2, -0.15) is 0 Å². The van der Waals surface area contributed by atoms with E-state index in [2.05, 4.69) is 10.6 Å². The van der Waals surface area contributed by atoms with E-state index in [-0.39, 0.29) is 0 Å². The molecule has 0 bridgehead atoms. The minimum Gasteiger partial charge on any atom is -0.332 e. The molecule has 0 aliphatic carbocycles. The van der Waals surface area contributed by atoms with Crippen molar-refractivity contribution in [3.05, 3.63) is 59.1 Å². The Morgan fingerprint density at radius 3 is 1.83 bits per heavy atom. The van der Waals surface area contributed by atoms with Gasteiger partial charge in [0.15, 0.2) is 5.11 Å². The lowest BCUT2D eigenvalue weighted by Crippen LogP contribution is -2.18. The first-order valence-electron chi connectivity index (χ1n) is 5.54. The molecule has 0 heterocycles. The highest BCUT2D eigenvalue weighted by Crippen LogP contribution is 2.14. The molecule has 0 aromatic heterocycles. The van der Waals surface area contributed by atoms with E-state index >= 15 is 0 Å². The van der Waals surface area contributed by atoms with Crippen molar-refractivity contribution >= 4 is 40.3 Å². The largest absolute Gasteiger partial charge is 0.332 e. The smallest absolute Gasteiger partial charge is 0.175 e.